The van der Waals surface area contributed by atoms with Crippen molar-refractivity contribution >= 4 is 46.4 Å². The lowest BCUT2D eigenvalue weighted by Crippen LogP contribution is -2.47. The third-order valence-electron chi connectivity index (χ3n) is 6.21. The molecule has 3 aromatic rings. The number of nitrogens with one attached hydrogen (secondary N) is 2. The van der Waals surface area contributed by atoms with E-state index in [1.807, 2.05) is 6.92 Å². The van der Waals surface area contributed by atoms with E-state index < -0.39 is 34.6 Å². The van der Waals surface area contributed by atoms with Gasteiger partial charge < -0.3 is 20.3 Å². The molecule has 3 aromatic heterocycles. The minimum atomic E-state index is -4.70. The van der Waals surface area contributed by atoms with E-state index in [2.05, 4.69) is 40.4 Å². The molecule has 2 N–H and O–H groups in total. The lowest BCUT2D eigenvalue weighted by Gasteiger charge is -2.35. The fourth-order valence-corrected chi connectivity index (χ4v) is 5.04. The number of aromatic nitrogens is 4. The van der Waals surface area contributed by atoms with E-state index in [-0.39, 0.29) is 16.4 Å². The molecule has 0 aliphatic carbocycles. The van der Waals surface area contributed by atoms with Gasteiger partial charge in [-0.15, -0.1) is 11.3 Å². The van der Waals surface area contributed by atoms with E-state index in [1.165, 1.54) is 12.5 Å². The third-order valence-corrected chi connectivity index (χ3v) is 7.69. The van der Waals surface area contributed by atoms with Crippen molar-refractivity contribution in [3.8, 4) is 0 Å². The molecule has 0 saturated carbocycles. The highest BCUT2D eigenvalue weighted by Gasteiger charge is 2.34. The Hall–Kier alpha value is -3.40. The second-order valence-electron chi connectivity index (χ2n) is 9.05. The number of amides is 2. The monoisotopic (exact) mass is 612 g/mol. The number of thiazole rings is 1. The summed E-state index contributed by atoms with van der Waals surface area (Å²) in [5.74, 6) is -0.800. The number of piperazine rings is 1. The van der Waals surface area contributed by atoms with Gasteiger partial charge in [-0.05, 0) is 19.9 Å². The van der Waals surface area contributed by atoms with Crippen LogP contribution in [0, 0.1) is 0 Å². The second kappa shape index (κ2) is 13.5. The number of carbonyl (C=O) groups is 2. The van der Waals surface area contributed by atoms with Gasteiger partial charge in [0, 0.05) is 51.6 Å². The molecule has 0 bridgehead atoms. The van der Waals surface area contributed by atoms with E-state index in [4.69, 9.17) is 16.3 Å². The zero-order valence-electron chi connectivity index (χ0n) is 22.2. The molecular formula is C25H28ClF3N8O3S. The molecule has 0 radical (unpaired) electrons. The van der Waals surface area contributed by atoms with Crippen LogP contribution in [0.2, 0.25) is 5.02 Å². The van der Waals surface area contributed by atoms with Crippen molar-refractivity contribution in [2.24, 2.45) is 0 Å². The maximum absolute atomic E-state index is 13.1. The molecule has 4 rings (SSSR count). The summed E-state index contributed by atoms with van der Waals surface area (Å²) in [6.45, 7) is 9.14. The quantitative estimate of drug-likeness (QED) is 0.328. The molecule has 1 saturated heterocycles. The van der Waals surface area contributed by atoms with Crippen molar-refractivity contribution in [1.82, 2.24) is 30.2 Å². The number of hydrogen-bond donors (Lipinski definition) is 2. The summed E-state index contributed by atoms with van der Waals surface area (Å²) in [6.07, 6.45) is -1.27. The fourth-order valence-electron chi connectivity index (χ4n) is 4.01. The van der Waals surface area contributed by atoms with Crippen LogP contribution in [0.4, 0.5) is 24.8 Å². The summed E-state index contributed by atoms with van der Waals surface area (Å²) in [6, 6.07) is 1.71. The lowest BCUT2D eigenvalue weighted by molar-refractivity contribution is -0.137. The topological polar surface area (TPSA) is 125 Å². The van der Waals surface area contributed by atoms with Gasteiger partial charge in [-0.1, -0.05) is 11.6 Å². The predicted molar refractivity (Wildman–Crippen MR) is 147 cm³/mol. The molecule has 220 valence electrons. The Morgan fingerprint density at radius 3 is 2.56 bits per heavy atom. The number of hydrogen-bond acceptors (Lipinski definition) is 10. The van der Waals surface area contributed by atoms with Crippen LogP contribution in [-0.2, 0) is 10.9 Å². The average Bonchev–Trinajstić information content (AvgIpc) is 3.45. The number of carbonyl (C=O) groups excluding carboxylic acids is 2. The van der Waals surface area contributed by atoms with Gasteiger partial charge >= 0.3 is 6.18 Å². The van der Waals surface area contributed by atoms with Gasteiger partial charge in [-0.3, -0.25) is 14.5 Å². The maximum Gasteiger partial charge on any atom is 0.418 e. The Bertz CT molecular complexity index is 1370. The molecule has 41 heavy (non-hydrogen) atoms. The highest BCUT2D eigenvalue weighted by molar-refractivity contribution is 7.13. The van der Waals surface area contributed by atoms with Crippen LogP contribution in [0.5, 0.6) is 0 Å². The van der Waals surface area contributed by atoms with E-state index in [0.29, 0.717) is 30.1 Å². The molecule has 4 heterocycles. The van der Waals surface area contributed by atoms with Crippen LogP contribution in [0.15, 0.2) is 30.9 Å². The van der Waals surface area contributed by atoms with Crippen molar-refractivity contribution in [3.63, 3.8) is 0 Å². The van der Waals surface area contributed by atoms with Gasteiger partial charge in [0.15, 0.2) is 0 Å². The Balaban J connectivity index is 1.33. The Kier molecular flexibility index (Phi) is 10.1. The van der Waals surface area contributed by atoms with E-state index >= 15 is 0 Å². The molecule has 1 fully saturated rings. The summed E-state index contributed by atoms with van der Waals surface area (Å²) in [7, 11) is 0. The standard InChI is InChI=1S/C25H28ClF3N8O3S/c1-3-40-9-8-36-4-6-37(7-5-36)21-11-18(32-14-33-21)22(38)34-15(2)24-31-13-19(41-24)23(39)35-20-10-16(25(27,28)29)17(26)12-30-20/h10-15H,3-9H2,1-2H3,(H,34,38)(H,30,35,39). The van der Waals surface area contributed by atoms with Crippen molar-refractivity contribution < 1.29 is 27.5 Å². The zero-order chi connectivity index (χ0) is 29.6. The molecule has 0 spiro atoms. The van der Waals surface area contributed by atoms with Crippen molar-refractivity contribution in [2.45, 2.75) is 26.1 Å². The first-order valence-electron chi connectivity index (χ1n) is 12.7. The van der Waals surface area contributed by atoms with Crippen LogP contribution >= 0.6 is 22.9 Å². The number of anilines is 2. The van der Waals surface area contributed by atoms with Gasteiger partial charge in [0.25, 0.3) is 11.8 Å². The van der Waals surface area contributed by atoms with Gasteiger partial charge in [0.1, 0.15) is 33.5 Å². The van der Waals surface area contributed by atoms with Crippen LogP contribution in [-0.4, -0.2) is 82.6 Å². The van der Waals surface area contributed by atoms with E-state index in [1.54, 1.807) is 13.0 Å². The molecule has 1 aliphatic rings. The largest absolute Gasteiger partial charge is 0.418 e. The van der Waals surface area contributed by atoms with Crippen LogP contribution in [0.1, 0.15) is 50.6 Å². The molecule has 0 aromatic carbocycles. The van der Waals surface area contributed by atoms with Crippen molar-refractivity contribution in [2.75, 3.05) is 56.2 Å². The summed E-state index contributed by atoms with van der Waals surface area (Å²) in [4.78, 5) is 46.4. The number of halogens is 4. The maximum atomic E-state index is 13.1. The number of ether oxygens (including phenoxy) is 1. The molecular weight excluding hydrogens is 585 g/mol. The Morgan fingerprint density at radius 1 is 1.10 bits per heavy atom. The third kappa shape index (κ3) is 8.09. The molecule has 16 heteroatoms. The number of alkyl halides is 3. The smallest absolute Gasteiger partial charge is 0.380 e. The molecule has 1 atom stereocenters. The van der Waals surface area contributed by atoms with Gasteiger partial charge in [0.05, 0.1) is 29.4 Å². The van der Waals surface area contributed by atoms with Crippen molar-refractivity contribution in [3.05, 3.63) is 57.0 Å². The lowest BCUT2D eigenvalue weighted by atomic mass is 10.2. The minimum Gasteiger partial charge on any atom is -0.380 e. The van der Waals surface area contributed by atoms with Crippen LogP contribution < -0.4 is 15.5 Å². The molecule has 2 amide bonds. The number of pyridine rings is 1. The predicted octanol–water partition coefficient (Wildman–Crippen LogP) is 3.90. The first-order valence-corrected chi connectivity index (χ1v) is 13.9. The summed E-state index contributed by atoms with van der Waals surface area (Å²) in [5, 5.41) is 4.96. The first kappa shape index (κ1) is 30.6. The SMILES string of the molecule is CCOCCN1CCN(c2cc(C(=O)NC(C)c3ncc(C(=O)Nc4cc(C(F)(F)F)c(Cl)cn4)s3)ncn2)CC1. The summed E-state index contributed by atoms with van der Waals surface area (Å²) >= 11 is 6.56. The first-order chi connectivity index (χ1) is 19.5. The number of rotatable bonds is 10. The molecule has 11 nitrogen and oxygen atoms in total. The normalized spacial score (nSPS) is 15.0. The zero-order valence-corrected chi connectivity index (χ0v) is 23.8. The van der Waals surface area contributed by atoms with Gasteiger partial charge in [-0.2, -0.15) is 13.2 Å². The van der Waals surface area contributed by atoms with E-state index in [9.17, 15) is 22.8 Å². The van der Waals surface area contributed by atoms with Gasteiger partial charge in [-0.25, -0.2) is 19.9 Å². The van der Waals surface area contributed by atoms with Crippen LogP contribution in [0.3, 0.4) is 0 Å². The summed E-state index contributed by atoms with van der Waals surface area (Å²) in [5.41, 5.74) is -0.928. The molecule has 1 unspecified atom stereocenters. The molecule has 1 aliphatic heterocycles. The Morgan fingerprint density at radius 2 is 1.85 bits per heavy atom. The number of nitrogens with zero attached hydrogens (tertiary/aromatic N) is 6. The second-order valence-corrected chi connectivity index (χ2v) is 10.5. The van der Waals surface area contributed by atoms with Crippen LogP contribution in [0.25, 0.3) is 0 Å². The van der Waals surface area contributed by atoms with E-state index in [0.717, 1.165) is 50.3 Å². The summed E-state index contributed by atoms with van der Waals surface area (Å²) < 4.78 is 44.7. The minimum absolute atomic E-state index is 0.121. The highest BCUT2D eigenvalue weighted by Crippen LogP contribution is 2.35. The van der Waals surface area contributed by atoms with Gasteiger partial charge in [0.2, 0.25) is 0 Å². The highest BCUT2D eigenvalue weighted by atomic mass is 35.5. The Labute approximate surface area is 243 Å². The average molecular weight is 613 g/mol. The van der Waals surface area contributed by atoms with Crippen molar-refractivity contribution in [1.29, 1.82) is 0 Å². The fraction of sp³-hybridized carbons (Fsp3) is 0.440.